The molecule has 2 heterocycles. The molecule has 0 radical (unpaired) electrons. The molecule has 134 valence electrons. The second kappa shape index (κ2) is 7.42. The SMILES string of the molecule is CCCCN1C(=O)C(C(CC)OC)C(C2C(=O)OC(=O)C2C)C1=O. The number of imide groups is 1. The van der Waals surface area contributed by atoms with Crippen LogP contribution in [0.4, 0.5) is 0 Å². The quantitative estimate of drug-likeness (QED) is 0.393. The molecule has 2 rings (SSSR count). The van der Waals surface area contributed by atoms with Gasteiger partial charge in [-0.25, -0.2) is 0 Å². The molecule has 0 N–H and O–H groups in total. The van der Waals surface area contributed by atoms with Gasteiger partial charge in [-0.1, -0.05) is 27.2 Å². The summed E-state index contributed by atoms with van der Waals surface area (Å²) in [7, 11) is 1.49. The van der Waals surface area contributed by atoms with E-state index >= 15 is 0 Å². The van der Waals surface area contributed by atoms with Gasteiger partial charge in [0, 0.05) is 13.7 Å². The van der Waals surface area contributed by atoms with Crippen molar-refractivity contribution in [1.82, 2.24) is 4.90 Å². The minimum absolute atomic E-state index is 0.313. The zero-order chi connectivity index (χ0) is 18.0. The molecule has 5 atom stereocenters. The van der Waals surface area contributed by atoms with Crippen LogP contribution in [-0.2, 0) is 28.7 Å². The van der Waals surface area contributed by atoms with Gasteiger partial charge in [0.15, 0.2) is 0 Å². The molecule has 7 nitrogen and oxygen atoms in total. The van der Waals surface area contributed by atoms with Crippen molar-refractivity contribution in [1.29, 1.82) is 0 Å². The molecule has 0 aliphatic carbocycles. The van der Waals surface area contributed by atoms with Gasteiger partial charge in [-0.15, -0.1) is 0 Å². The lowest BCUT2D eigenvalue weighted by Gasteiger charge is -2.26. The van der Waals surface area contributed by atoms with Crippen LogP contribution in [0.2, 0.25) is 0 Å². The Morgan fingerprint density at radius 3 is 2.21 bits per heavy atom. The minimum atomic E-state index is -0.922. The number of carbonyl (C=O) groups is 4. The van der Waals surface area contributed by atoms with E-state index in [2.05, 4.69) is 0 Å². The highest BCUT2D eigenvalue weighted by Gasteiger charge is 2.59. The molecule has 7 heteroatoms. The van der Waals surface area contributed by atoms with Crippen molar-refractivity contribution in [3.63, 3.8) is 0 Å². The Morgan fingerprint density at radius 2 is 1.75 bits per heavy atom. The highest BCUT2D eigenvalue weighted by molar-refractivity contribution is 6.09. The lowest BCUT2D eigenvalue weighted by Crippen LogP contribution is -2.39. The largest absolute Gasteiger partial charge is 0.393 e. The van der Waals surface area contributed by atoms with Gasteiger partial charge in [-0.2, -0.15) is 0 Å². The topological polar surface area (TPSA) is 90.0 Å². The van der Waals surface area contributed by atoms with Gasteiger partial charge in [0.1, 0.15) is 0 Å². The first-order chi connectivity index (χ1) is 11.4. The fourth-order valence-corrected chi connectivity index (χ4v) is 3.72. The Hall–Kier alpha value is -1.76. The van der Waals surface area contributed by atoms with Gasteiger partial charge in [0.2, 0.25) is 11.8 Å². The van der Waals surface area contributed by atoms with Gasteiger partial charge in [0.05, 0.1) is 29.8 Å². The molecule has 2 amide bonds. The van der Waals surface area contributed by atoms with E-state index in [9.17, 15) is 19.2 Å². The Morgan fingerprint density at radius 1 is 1.08 bits per heavy atom. The summed E-state index contributed by atoms with van der Waals surface area (Å²) in [5, 5.41) is 0. The summed E-state index contributed by atoms with van der Waals surface area (Å²) in [6.45, 7) is 5.72. The van der Waals surface area contributed by atoms with E-state index < -0.39 is 47.6 Å². The molecule has 5 unspecified atom stereocenters. The molecule has 0 aromatic carbocycles. The molecule has 0 aromatic heterocycles. The molecule has 2 aliphatic rings. The van der Waals surface area contributed by atoms with Gasteiger partial charge >= 0.3 is 11.9 Å². The van der Waals surface area contributed by atoms with Crippen molar-refractivity contribution in [3.05, 3.63) is 0 Å². The van der Waals surface area contributed by atoms with Gasteiger partial charge < -0.3 is 9.47 Å². The maximum Gasteiger partial charge on any atom is 0.318 e. The maximum atomic E-state index is 12.9. The number of unbranched alkanes of at least 4 members (excludes halogenated alkanes) is 1. The molecule has 0 saturated carbocycles. The molecule has 0 aromatic rings. The lowest BCUT2D eigenvalue weighted by atomic mass is 9.75. The number of ether oxygens (including phenoxy) is 2. The molecule has 2 saturated heterocycles. The van der Waals surface area contributed by atoms with E-state index in [4.69, 9.17) is 9.47 Å². The molecule has 2 aliphatic heterocycles. The summed E-state index contributed by atoms with van der Waals surface area (Å²) in [6.07, 6.45) is 1.59. The third kappa shape index (κ3) is 2.97. The van der Waals surface area contributed by atoms with Crippen molar-refractivity contribution < 1.29 is 28.7 Å². The summed E-state index contributed by atoms with van der Waals surface area (Å²) in [5.41, 5.74) is 0. The molecule has 0 bridgehead atoms. The second-order valence-corrected chi connectivity index (χ2v) is 6.47. The van der Waals surface area contributed by atoms with E-state index in [0.717, 1.165) is 6.42 Å². The summed E-state index contributed by atoms with van der Waals surface area (Å²) >= 11 is 0. The van der Waals surface area contributed by atoms with Crippen LogP contribution in [0.15, 0.2) is 0 Å². The van der Waals surface area contributed by atoms with Crippen molar-refractivity contribution in [2.75, 3.05) is 13.7 Å². The van der Waals surface area contributed by atoms with E-state index in [-0.39, 0.29) is 5.91 Å². The number of carbonyl (C=O) groups excluding carboxylic acids is 4. The zero-order valence-corrected chi connectivity index (χ0v) is 14.6. The maximum absolute atomic E-state index is 12.9. The fraction of sp³-hybridized carbons (Fsp3) is 0.765. The average molecular weight is 339 g/mol. The number of methoxy groups -OCH3 is 1. The Bertz CT molecular complexity index is 541. The highest BCUT2D eigenvalue weighted by atomic mass is 16.6. The summed E-state index contributed by atoms with van der Waals surface area (Å²) in [6, 6.07) is 0. The number of likely N-dealkylation sites (tertiary alicyclic amines) is 1. The summed E-state index contributed by atoms with van der Waals surface area (Å²) in [4.78, 5) is 50.8. The van der Waals surface area contributed by atoms with Crippen molar-refractivity contribution in [2.24, 2.45) is 23.7 Å². The van der Waals surface area contributed by atoms with E-state index in [1.54, 1.807) is 6.92 Å². The summed E-state index contributed by atoms with van der Waals surface area (Å²) < 4.78 is 10.1. The Balaban J connectivity index is 2.40. The van der Waals surface area contributed by atoms with E-state index in [1.165, 1.54) is 12.0 Å². The van der Waals surface area contributed by atoms with Gasteiger partial charge in [-0.3, -0.25) is 24.1 Å². The Labute approximate surface area is 141 Å². The van der Waals surface area contributed by atoms with Crippen LogP contribution in [0.3, 0.4) is 0 Å². The zero-order valence-electron chi connectivity index (χ0n) is 14.6. The second-order valence-electron chi connectivity index (χ2n) is 6.47. The molecule has 2 fully saturated rings. The number of hydrogen-bond acceptors (Lipinski definition) is 6. The van der Waals surface area contributed by atoms with Crippen LogP contribution >= 0.6 is 0 Å². The van der Waals surface area contributed by atoms with E-state index in [1.807, 2.05) is 13.8 Å². The number of nitrogens with zero attached hydrogens (tertiary/aromatic N) is 1. The predicted molar refractivity (Wildman–Crippen MR) is 83.4 cm³/mol. The van der Waals surface area contributed by atoms with Crippen LogP contribution < -0.4 is 0 Å². The predicted octanol–water partition coefficient (Wildman–Crippen LogP) is 1.15. The van der Waals surface area contributed by atoms with Crippen LogP contribution in [-0.4, -0.2) is 48.4 Å². The third-order valence-corrected chi connectivity index (χ3v) is 5.10. The first kappa shape index (κ1) is 18.6. The molecule has 0 spiro atoms. The summed E-state index contributed by atoms with van der Waals surface area (Å²) in [5.74, 6) is -5.36. The van der Waals surface area contributed by atoms with Crippen LogP contribution in [0.1, 0.15) is 40.0 Å². The monoisotopic (exact) mass is 339 g/mol. The van der Waals surface area contributed by atoms with E-state index in [0.29, 0.717) is 19.4 Å². The highest BCUT2D eigenvalue weighted by Crippen LogP contribution is 2.42. The minimum Gasteiger partial charge on any atom is -0.393 e. The average Bonchev–Trinajstić information content (AvgIpc) is 2.93. The third-order valence-electron chi connectivity index (χ3n) is 5.10. The smallest absolute Gasteiger partial charge is 0.318 e. The van der Waals surface area contributed by atoms with Crippen molar-refractivity contribution in [3.8, 4) is 0 Å². The van der Waals surface area contributed by atoms with Crippen LogP contribution in [0, 0.1) is 23.7 Å². The van der Waals surface area contributed by atoms with Gasteiger partial charge in [0.25, 0.3) is 0 Å². The van der Waals surface area contributed by atoms with Crippen LogP contribution in [0.5, 0.6) is 0 Å². The number of rotatable bonds is 7. The van der Waals surface area contributed by atoms with Crippen molar-refractivity contribution >= 4 is 23.8 Å². The number of hydrogen-bond donors (Lipinski definition) is 0. The number of esters is 2. The van der Waals surface area contributed by atoms with Gasteiger partial charge in [-0.05, 0) is 12.8 Å². The van der Waals surface area contributed by atoms with Crippen molar-refractivity contribution in [2.45, 2.75) is 46.1 Å². The Kier molecular flexibility index (Phi) is 5.74. The fourth-order valence-electron chi connectivity index (χ4n) is 3.72. The molecular weight excluding hydrogens is 314 g/mol. The van der Waals surface area contributed by atoms with Crippen LogP contribution in [0.25, 0.3) is 0 Å². The molecular formula is C17H25NO6. The standard InChI is InChI=1S/C17H25NO6/c1-5-7-8-18-14(19)12(10(6-2)23-4)13(15(18)20)11-9(3)16(21)24-17(11)22/h9-13H,5-8H2,1-4H3. The lowest BCUT2D eigenvalue weighted by molar-refractivity contribution is -0.155. The molecule has 24 heavy (non-hydrogen) atoms. The number of amides is 2. The normalized spacial score (nSPS) is 31.8. The number of cyclic esters (lactones) is 2. The first-order valence-corrected chi connectivity index (χ1v) is 8.52. The first-order valence-electron chi connectivity index (χ1n) is 8.52.